The van der Waals surface area contributed by atoms with E-state index in [0.29, 0.717) is 17.2 Å². The van der Waals surface area contributed by atoms with E-state index in [1.807, 2.05) is 0 Å². The van der Waals surface area contributed by atoms with Crippen LogP contribution in [0.4, 0.5) is 0 Å². The van der Waals surface area contributed by atoms with Crippen molar-refractivity contribution in [3.05, 3.63) is 23.2 Å². The maximum atomic E-state index is 11.5. The van der Waals surface area contributed by atoms with Crippen molar-refractivity contribution in [1.82, 2.24) is 4.90 Å². The van der Waals surface area contributed by atoms with Gasteiger partial charge in [0.1, 0.15) is 17.1 Å². The molecule has 5 nitrogen and oxygen atoms in total. The van der Waals surface area contributed by atoms with E-state index in [4.69, 9.17) is 14.9 Å². The fourth-order valence-electron chi connectivity index (χ4n) is 2.40. The summed E-state index contributed by atoms with van der Waals surface area (Å²) >= 11 is 0. The van der Waals surface area contributed by atoms with E-state index >= 15 is 0 Å². The lowest BCUT2D eigenvalue weighted by atomic mass is 10.1. The van der Waals surface area contributed by atoms with Crippen molar-refractivity contribution in [2.45, 2.75) is 19.9 Å². The summed E-state index contributed by atoms with van der Waals surface area (Å²) in [5.41, 5.74) is 6.18. The summed E-state index contributed by atoms with van der Waals surface area (Å²) in [5.74, 6) is 1.67. The molecule has 1 aromatic rings. The first-order valence-electron chi connectivity index (χ1n) is 6.24. The van der Waals surface area contributed by atoms with Gasteiger partial charge in [-0.3, -0.25) is 4.90 Å². The van der Waals surface area contributed by atoms with Crippen LogP contribution >= 0.6 is 0 Å². The summed E-state index contributed by atoms with van der Waals surface area (Å²) < 4.78 is 10.3. The van der Waals surface area contributed by atoms with Gasteiger partial charge in [-0.25, -0.2) is 4.79 Å². The molecule has 2 N–H and O–H groups in total. The number of aryl methyl sites for hydroxylation is 1. The van der Waals surface area contributed by atoms with Crippen LogP contribution < -0.4 is 5.73 Å². The number of rotatable bonds is 4. The third kappa shape index (κ3) is 2.73. The van der Waals surface area contributed by atoms with Gasteiger partial charge in [-0.05, 0) is 38.4 Å². The van der Waals surface area contributed by atoms with E-state index < -0.39 is 0 Å². The van der Waals surface area contributed by atoms with Gasteiger partial charge in [-0.15, -0.1) is 0 Å². The van der Waals surface area contributed by atoms with Crippen molar-refractivity contribution >= 4 is 5.97 Å². The van der Waals surface area contributed by atoms with Crippen molar-refractivity contribution in [3.63, 3.8) is 0 Å². The SMILES string of the molecule is COC(=O)c1cc(CN2CCC(CN)C2)oc1C. The quantitative estimate of drug-likeness (QED) is 0.814. The minimum Gasteiger partial charge on any atom is -0.465 e. The lowest BCUT2D eigenvalue weighted by Gasteiger charge is -2.13. The minimum absolute atomic E-state index is 0.344. The van der Waals surface area contributed by atoms with E-state index in [-0.39, 0.29) is 5.97 Å². The van der Waals surface area contributed by atoms with E-state index in [0.717, 1.165) is 38.4 Å². The zero-order chi connectivity index (χ0) is 13.1. The van der Waals surface area contributed by atoms with Gasteiger partial charge in [0.15, 0.2) is 0 Å². The van der Waals surface area contributed by atoms with Gasteiger partial charge in [0.05, 0.1) is 13.7 Å². The third-order valence-electron chi connectivity index (χ3n) is 3.46. The second kappa shape index (κ2) is 5.54. The maximum absolute atomic E-state index is 11.5. The fourth-order valence-corrected chi connectivity index (χ4v) is 2.40. The lowest BCUT2D eigenvalue weighted by Crippen LogP contribution is -2.22. The van der Waals surface area contributed by atoms with Gasteiger partial charge in [0, 0.05) is 6.54 Å². The van der Waals surface area contributed by atoms with Crippen molar-refractivity contribution in [3.8, 4) is 0 Å². The smallest absolute Gasteiger partial charge is 0.341 e. The Labute approximate surface area is 107 Å². The first-order chi connectivity index (χ1) is 8.63. The summed E-state index contributed by atoms with van der Waals surface area (Å²) in [6.45, 7) is 5.29. The Kier molecular flexibility index (Phi) is 4.04. The van der Waals surface area contributed by atoms with Gasteiger partial charge in [-0.1, -0.05) is 0 Å². The number of nitrogens with zero attached hydrogens (tertiary/aromatic N) is 1. The number of carbonyl (C=O) groups is 1. The van der Waals surface area contributed by atoms with Crippen LogP contribution in [-0.2, 0) is 11.3 Å². The molecule has 0 bridgehead atoms. The number of nitrogens with two attached hydrogens (primary N) is 1. The minimum atomic E-state index is -0.344. The van der Waals surface area contributed by atoms with Crippen LogP contribution in [0.1, 0.15) is 28.3 Å². The Balaban J connectivity index is 2.00. The molecule has 0 saturated carbocycles. The monoisotopic (exact) mass is 252 g/mol. The van der Waals surface area contributed by atoms with Crippen molar-refractivity contribution in [1.29, 1.82) is 0 Å². The topological polar surface area (TPSA) is 68.7 Å². The molecule has 1 aromatic heterocycles. The number of ether oxygens (including phenoxy) is 1. The number of furan rings is 1. The second-order valence-corrected chi connectivity index (χ2v) is 4.80. The zero-order valence-electron chi connectivity index (χ0n) is 10.9. The van der Waals surface area contributed by atoms with Gasteiger partial charge in [-0.2, -0.15) is 0 Å². The summed E-state index contributed by atoms with van der Waals surface area (Å²) in [4.78, 5) is 13.8. The molecular weight excluding hydrogens is 232 g/mol. The number of likely N-dealkylation sites (tertiary alicyclic amines) is 1. The Bertz CT molecular complexity index is 428. The highest BCUT2D eigenvalue weighted by Gasteiger charge is 2.23. The predicted octanol–water partition coefficient (Wildman–Crippen LogP) is 1.16. The van der Waals surface area contributed by atoms with Gasteiger partial charge in [0.25, 0.3) is 0 Å². The van der Waals surface area contributed by atoms with Crippen molar-refractivity contribution in [2.75, 3.05) is 26.7 Å². The van der Waals surface area contributed by atoms with Crippen LogP contribution in [0.5, 0.6) is 0 Å². The number of esters is 1. The molecule has 1 atom stereocenters. The molecule has 1 fully saturated rings. The molecule has 100 valence electrons. The standard InChI is InChI=1S/C13H20N2O3/c1-9-12(13(16)17-2)5-11(18-9)8-15-4-3-10(6-14)7-15/h5,10H,3-4,6-8,14H2,1-2H3. The Morgan fingerprint density at radius 2 is 2.44 bits per heavy atom. The van der Waals surface area contributed by atoms with Crippen LogP contribution in [-0.4, -0.2) is 37.6 Å². The Morgan fingerprint density at radius 1 is 1.67 bits per heavy atom. The molecule has 1 aliphatic rings. The lowest BCUT2D eigenvalue weighted by molar-refractivity contribution is 0.0599. The van der Waals surface area contributed by atoms with Crippen molar-refractivity contribution < 1.29 is 13.9 Å². The molecule has 0 aromatic carbocycles. The highest BCUT2D eigenvalue weighted by Crippen LogP contribution is 2.21. The zero-order valence-corrected chi connectivity index (χ0v) is 10.9. The average Bonchev–Trinajstić information content (AvgIpc) is 2.95. The fraction of sp³-hybridized carbons (Fsp3) is 0.615. The van der Waals surface area contributed by atoms with Crippen molar-refractivity contribution in [2.24, 2.45) is 11.7 Å². The number of methoxy groups -OCH3 is 1. The normalized spacial score (nSPS) is 20.3. The van der Waals surface area contributed by atoms with Gasteiger partial charge in [0.2, 0.25) is 0 Å². The van der Waals surface area contributed by atoms with Crippen LogP contribution in [0.15, 0.2) is 10.5 Å². The predicted molar refractivity (Wildman–Crippen MR) is 67.2 cm³/mol. The third-order valence-corrected chi connectivity index (χ3v) is 3.46. The molecule has 0 radical (unpaired) electrons. The molecule has 0 amide bonds. The Morgan fingerprint density at radius 3 is 3.06 bits per heavy atom. The van der Waals surface area contributed by atoms with Crippen LogP contribution in [0, 0.1) is 12.8 Å². The van der Waals surface area contributed by atoms with Gasteiger partial charge < -0.3 is 14.9 Å². The van der Waals surface area contributed by atoms with E-state index in [2.05, 4.69) is 4.90 Å². The van der Waals surface area contributed by atoms with E-state index in [1.165, 1.54) is 7.11 Å². The van der Waals surface area contributed by atoms with Crippen LogP contribution in [0.2, 0.25) is 0 Å². The summed E-state index contributed by atoms with van der Waals surface area (Å²) in [6.07, 6.45) is 1.14. The molecule has 5 heteroatoms. The number of carbonyl (C=O) groups excluding carboxylic acids is 1. The molecule has 2 rings (SSSR count). The molecule has 0 spiro atoms. The Hall–Kier alpha value is -1.33. The summed E-state index contributed by atoms with van der Waals surface area (Å²) in [7, 11) is 1.38. The number of hydrogen-bond donors (Lipinski definition) is 1. The average molecular weight is 252 g/mol. The van der Waals surface area contributed by atoms with Gasteiger partial charge >= 0.3 is 5.97 Å². The number of hydrogen-bond acceptors (Lipinski definition) is 5. The largest absolute Gasteiger partial charge is 0.465 e. The van der Waals surface area contributed by atoms with E-state index in [1.54, 1.807) is 13.0 Å². The van der Waals surface area contributed by atoms with Crippen LogP contribution in [0.25, 0.3) is 0 Å². The van der Waals surface area contributed by atoms with E-state index in [9.17, 15) is 4.79 Å². The molecule has 1 unspecified atom stereocenters. The first-order valence-corrected chi connectivity index (χ1v) is 6.24. The molecule has 2 heterocycles. The highest BCUT2D eigenvalue weighted by atomic mass is 16.5. The molecule has 18 heavy (non-hydrogen) atoms. The maximum Gasteiger partial charge on any atom is 0.341 e. The highest BCUT2D eigenvalue weighted by molar-refractivity contribution is 5.90. The molecule has 1 aliphatic heterocycles. The second-order valence-electron chi connectivity index (χ2n) is 4.80. The van der Waals surface area contributed by atoms with Crippen LogP contribution in [0.3, 0.4) is 0 Å². The molecule has 1 saturated heterocycles. The summed E-state index contributed by atoms with van der Waals surface area (Å²) in [5, 5.41) is 0. The first kappa shape index (κ1) is 13.1. The molecular formula is C13H20N2O3. The summed E-state index contributed by atoms with van der Waals surface area (Å²) in [6, 6.07) is 1.77. The molecule has 0 aliphatic carbocycles.